The van der Waals surface area contributed by atoms with Crippen LogP contribution in [-0.4, -0.2) is 76.3 Å². The van der Waals surface area contributed by atoms with Gasteiger partial charge in [0.2, 0.25) is 0 Å². The van der Waals surface area contributed by atoms with Crippen molar-refractivity contribution in [3.05, 3.63) is 12.7 Å². The van der Waals surface area contributed by atoms with Crippen LogP contribution in [0.25, 0.3) is 0 Å². The summed E-state index contributed by atoms with van der Waals surface area (Å²) in [6, 6.07) is -1.40. The molecule has 2 amide bonds. The third kappa shape index (κ3) is 2.89. The van der Waals surface area contributed by atoms with E-state index in [2.05, 4.69) is 17.2 Å². The first-order valence-corrected chi connectivity index (χ1v) is 6.48. The van der Waals surface area contributed by atoms with Crippen molar-refractivity contribution in [3.63, 3.8) is 0 Å². The predicted octanol–water partition coefficient (Wildman–Crippen LogP) is -1.99. The van der Waals surface area contributed by atoms with Crippen LogP contribution >= 0.6 is 0 Å². The minimum atomic E-state index is -1.08. The van der Waals surface area contributed by atoms with Crippen LogP contribution in [0.4, 0.5) is 4.79 Å². The summed E-state index contributed by atoms with van der Waals surface area (Å²) in [7, 11) is 0. The first-order valence-electron chi connectivity index (χ1n) is 6.48. The predicted molar refractivity (Wildman–Crippen MR) is 68.5 cm³/mol. The zero-order valence-corrected chi connectivity index (χ0v) is 10.7. The van der Waals surface area contributed by atoms with Crippen LogP contribution in [-0.2, 0) is 0 Å². The Morgan fingerprint density at radius 1 is 1.37 bits per heavy atom. The smallest absolute Gasteiger partial charge is 0.315 e. The molecule has 2 aliphatic rings. The van der Waals surface area contributed by atoms with E-state index in [4.69, 9.17) is 0 Å². The number of hydrogen-bond acceptors (Lipinski definition) is 5. The molecule has 2 heterocycles. The van der Waals surface area contributed by atoms with E-state index in [0.29, 0.717) is 26.1 Å². The minimum Gasteiger partial charge on any atom is -0.391 e. The largest absolute Gasteiger partial charge is 0.391 e. The summed E-state index contributed by atoms with van der Waals surface area (Å²) in [6.07, 6.45) is -0.637. The van der Waals surface area contributed by atoms with Gasteiger partial charge in [-0.25, -0.2) is 4.79 Å². The van der Waals surface area contributed by atoms with E-state index < -0.39 is 36.4 Å². The molecule has 0 aromatic rings. The maximum absolute atomic E-state index is 11.5. The normalized spacial score (nSPS) is 38.6. The van der Waals surface area contributed by atoms with Gasteiger partial charge < -0.3 is 26.0 Å². The van der Waals surface area contributed by atoms with Crippen molar-refractivity contribution in [1.82, 2.24) is 15.5 Å². The molecule has 7 nitrogen and oxygen atoms in total. The number of amides is 2. The molecule has 1 unspecified atom stereocenters. The van der Waals surface area contributed by atoms with Crippen LogP contribution in [0, 0.1) is 0 Å². The van der Waals surface area contributed by atoms with E-state index in [9.17, 15) is 20.1 Å². The molecule has 19 heavy (non-hydrogen) atoms. The number of fused-ring (bicyclic) bond motifs is 1. The van der Waals surface area contributed by atoms with Gasteiger partial charge in [-0.15, -0.1) is 6.58 Å². The average molecular weight is 271 g/mol. The second kappa shape index (κ2) is 5.87. The van der Waals surface area contributed by atoms with Crippen LogP contribution in [0.3, 0.4) is 0 Å². The van der Waals surface area contributed by atoms with Gasteiger partial charge in [0.25, 0.3) is 0 Å². The zero-order valence-electron chi connectivity index (χ0n) is 10.7. The number of aliphatic hydroxyl groups excluding tert-OH is 3. The number of aliphatic hydroxyl groups is 3. The molecule has 0 aliphatic carbocycles. The first-order chi connectivity index (χ1) is 9.04. The van der Waals surface area contributed by atoms with Gasteiger partial charge in [0.15, 0.2) is 0 Å². The van der Waals surface area contributed by atoms with E-state index in [0.717, 1.165) is 0 Å². The molecule has 0 aromatic heterocycles. The maximum Gasteiger partial charge on any atom is 0.315 e. The van der Waals surface area contributed by atoms with Crippen molar-refractivity contribution in [2.24, 2.45) is 0 Å². The van der Waals surface area contributed by atoms with Crippen molar-refractivity contribution >= 4 is 6.03 Å². The third-order valence-electron chi connectivity index (χ3n) is 3.79. The summed E-state index contributed by atoms with van der Waals surface area (Å²) < 4.78 is 0. The third-order valence-corrected chi connectivity index (χ3v) is 3.79. The molecule has 0 spiro atoms. The van der Waals surface area contributed by atoms with Gasteiger partial charge >= 0.3 is 6.03 Å². The fraction of sp³-hybridized carbons (Fsp3) is 0.750. The Kier molecular flexibility index (Phi) is 4.41. The van der Waals surface area contributed by atoms with Gasteiger partial charge in [0, 0.05) is 19.6 Å². The Morgan fingerprint density at radius 3 is 2.79 bits per heavy atom. The topological polar surface area (TPSA) is 105 Å². The highest BCUT2D eigenvalue weighted by molar-refractivity contribution is 5.74. The molecule has 0 aromatic carbocycles. The van der Waals surface area contributed by atoms with Crippen molar-refractivity contribution in [2.45, 2.75) is 36.8 Å². The fourth-order valence-electron chi connectivity index (χ4n) is 2.83. The fourth-order valence-corrected chi connectivity index (χ4v) is 2.83. The van der Waals surface area contributed by atoms with Crippen molar-refractivity contribution < 1.29 is 20.1 Å². The van der Waals surface area contributed by atoms with Crippen LogP contribution in [0.1, 0.15) is 6.42 Å². The number of urea groups is 1. The van der Waals surface area contributed by atoms with Crippen molar-refractivity contribution in [1.29, 1.82) is 0 Å². The number of rotatable bonds is 3. The van der Waals surface area contributed by atoms with E-state index in [1.807, 2.05) is 4.90 Å². The van der Waals surface area contributed by atoms with Crippen molar-refractivity contribution in [2.75, 3.05) is 19.6 Å². The van der Waals surface area contributed by atoms with Crippen LogP contribution < -0.4 is 10.6 Å². The molecule has 0 saturated carbocycles. The van der Waals surface area contributed by atoms with Gasteiger partial charge in [-0.3, -0.25) is 4.90 Å². The molecular weight excluding hydrogens is 250 g/mol. The molecule has 5 N–H and O–H groups in total. The number of carbonyl (C=O) groups excluding carboxylic acids is 1. The zero-order chi connectivity index (χ0) is 14.0. The highest BCUT2D eigenvalue weighted by Crippen LogP contribution is 2.28. The minimum absolute atomic E-state index is 0.336. The lowest BCUT2D eigenvalue weighted by Crippen LogP contribution is -2.66. The summed E-state index contributed by atoms with van der Waals surface area (Å²) in [5.41, 5.74) is 0. The number of hydrogen-bond donors (Lipinski definition) is 5. The Labute approximate surface area is 111 Å². The maximum atomic E-state index is 11.5. The van der Waals surface area contributed by atoms with Crippen molar-refractivity contribution in [3.8, 4) is 0 Å². The second-order valence-electron chi connectivity index (χ2n) is 5.07. The van der Waals surface area contributed by atoms with Crippen LogP contribution in [0.15, 0.2) is 12.7 Å². The lowest BCUT2D eigenvalue weighted by atomic mass is 9.91. The molecular formula is C12H21N3O4. The first kappa shape index (κ1) is 14.3. The second-order valence-corrected chi connectivity index (χ2v) is 5.07. The lowest BCUT2D eigenvalue weighted by Gasteiger charge is -2.43. The molecule has 2 fully saturated rings. The van der Waals surface area contributed by atoms with Gasteiger partial charge in [-0.2, -0.15) is 0 Å². The number of piperidine rings is 1. The number of nitrogens with one attached hydrogen (secondary N) is 2. The van der Waals surface area contributed by atoms with E-state index in [1.54, 1.807) is 6.08 Å². The number of carbonyl (C=O) groups is 1. The molecule has 0 radical (unpaired) electrons. The van der Waals surface area contributed by atoms with Gasteiger partial charge in [-0.05, 0) is 6.42 Å². The SMILES string of the molecule is C=CCNC(=O)N[C@H]1CN2CC[C@H](O)C2[C@@H](O)[C@@H]1O. The Balaban J connectivity index is 1.95. The summed E-state index contributed by atoms with van der Waals surface area (Å²) in [5.74, 6) is 0. The molecule has 2 saturated heterocycles. The van der Waals surface area contributed by atoms with E-state index >= 15 is 0 Å². The summed E-state index contributed by atoms with van der Waals surface area (Å²) in [4.78, 5) is 13.5. The molecule has 5 atom stereocenters. The van der Waals surface area contributed by atoms with Gasteiger partial charge in [-0.1, -0.05) is 6.08 Å². The molecule has 108 valence electrons. The highest BCUT2D eigenvalue weighted by Gasteiger charge is 2.48. The van der Waals surface area contributed by atoms with Gasteiger partial charge in [0.05, 0.1) is 24.3 Å². The highest BCUT2D eigenvalue weighted by atomic mass is 16.3. The van der Waals surface area contributed by atoms with Gasteiger partial charge in [0.1, 0.15) is 6.10 Å². The number of nitrogens with zero attached hydrogens (tertiary/aromatic N) is 1. The Morgan fingerprint density at radius 2 is 2.11 bits per heavy atom. The van der Waals surface area contributed by atoms with E-state index in [1.165, 1.54) is 0 Å². The summed E-state index contributed by atoms with van der Waals surface area (Å²) in [5, 5.41) is 35.0. The molecule has 2 aliphatic heterocycles. The summed E-state index contributed by atoms with van der Waals surface area (Å²) >= 11 is 0. The summed E-state index contributed by atoms with van der Waals surface area (Å²) in [6.45, 7) is 4.90. The molecule has 7 heteroatoms. The van der Waals surface area contributed by atoms with Crippen LogP contribution in [0.5, 0.6) is 0 Å². The molecule has 2 rings (SSSR count). The standard InChI is InChI=1S/C12H21N3O4/c1-2-4-13-12(19)14-7-6-15-5-3-8(16)9(15)11(18)10(7)17/h2,7-11,16-18H,1,3-6H2,(H2,13,14,19)/t7-,8-,9?,10+,11+/m0/s1. The molecule has 0 bridgehead atoms. The average Bonchev–Trinajstić information content (AvgIpc) is 2.74. The van der Waals surface area contributed by atoms with E-state index in [-0.39, 0.29) is 0 Å². The lowest BCUT2D eigenvalue weighted by molar-refractivity contribution is -0.0992. The monoisotopic (exact) mass is 271 g/mol. The quantitative estimate of drug-likeness (QED) is 0.382. The van der Waals surface area contributed by atoms with Crippen LogP contribution in [0.2, 0.25) is 0 Å². The Hall–Kier alpha value is -1.15. The Bertz CT molecular complexity index is 352.